The number of carbonyl (C=O) groups excluding carboxylic acids is 2. The summed E-state index contributed by atoms with van der Waals surface area (Å²) >= 11 is 0. The molecule has 0 spiro atoms. The second-order valence-electron chi connectivity index (χ2n) is 8.11. The molecule has 1 aliphatic heterocycles. The molecule has 2 N–H and O–H groups in total. The van der Waals surface area contributed by atoms with Gasteiger partial charge in [-0.15, -0.1) is 12.4 Å². The van der Waals surface area contributed by atoms with Crippen LogP contribution in [0.15, 0.2) is 24.3 Å². The summed E-state index contributed by atoms with van der Waals surface area (Å²) in [4.78, 5) is 26.7. The lowest BCUT2D eigenvalue weighted by atomic mass is 9.96. The molecule has 0 unspecified atom stereocenters. The first-order valence-electron chi connectivity index (χ1n) is 9.12. The lowest BCUT2D eigenvalue weighted by Crippen LogP contribution is -2.40. The van der Waals surface area contributed by atoms with Crippen LogP contribution in [0.2, 0.25) is 0 Å². The maximum atomic E-state index is 12.6. The predicted molar refractivity (Wildman–Crippen MR) is 108 cm³/mol. The van der Waals surface area contributed by atoms with Crippen molar-refractivity contribution in [3.8, 4) is 0 Å². The Morgan fingerprint density at radius 1 is 1.08 bits per heavy atom. The number of likely N-dealkylation sites (tertiary alicyclic amines) is 1. The van der Waals surface area contributed by atoms with E-state index in [2.05, 4.69) is 31.4 Å². The lowest BCUT2D eigenvalue weighted by Gasteiger charge is -2.32. The first kappa shape index (κ1) is 22.5. The average molecular weight is 382 g/mol. The number of piperidine rings is 1. The molecule has 0 bridgehead atoms. The number of hydrogen-bond donors (Lipinski definition) is 2. The van der Waals surface area contributed by atoms with Gasteiger partial charge in [0.1, 0.15) is 0 Å². The molecule has 1 aromatic rings. The number of halogens is 1. The Hall–Kier alpha value is -1.59. The van der Waals surface area contributed by atoms with Crippen molar-refractivity contribution in [3.05, 3.63) is 35.4 Å². The van der Waals surface area contributed by atoms with Crippen molar-refractivity contribution >= 4 is 24.2 Å². The van der Waals surface area contributed by atoms with E-state index >= 15 is 0 Å². The summed E-state index contributed by atoms with van der Waals surface area (Å²) in [5.74, 6) is 0.620. The van der Waals surface area contributed by atoms with E-state index in [-0.39, 0.29) is 29.6 Å². The van der Waals surface area contributed by atoms with Gasteiger partial charge in [0.2, 0.25) is 0 Å². The molecule has 0 atom stereocenters. The van der Waals surface area contributed by atoms with Crippen molar-refractivity contribution in [3.63, 3.8) is 0 Å². The molecule has 26 heavy (non-hydrogen) atoms. The second-order valence-corrected chi connectivity index (χ2v) is 8.11. The minimum absolute atomic E-state index is 0. The van der Waals surface area contributed by atoms with Gasteiger partial charge >= 0.3 is 0 Å². The molecule has 1 heterocycles. The van der Waals surface area contributed by atoms with Crippen molar-refractivity contribution in [2.75, 3.05) is 33.2 Å². The summed E-state index contributed by atoms with van der Waals surface area (Å²) in [5, 5.41) is 6.14. The zero-order valence-electron chi connectivity index (χ0n) is 16.3. The van der Waals surface area contributed by atoms with Crippen LogP contribution in [-0.2, 0) is 0 Å². The van der Waals surface area contributed by atoms with E-state index in [1.165, 1.54) is 0 Å². The number of nitrogens with zero attached hydrogens (tertiary/aromatic N) is 1. The van der Waals surface area contributed by atoms with Gasteiger partial charge in [-0.25, -0.2) is 0 Å². The molecule has 1 fully saturated rings. The van der Waals surface area contributed by atoms with Gasteiger partial charge in [0.15, 0.2) is 0 Å². The number of nitrogens with one attached hydrogen (secondary N) is 2. The molecule has 1 aliphatic rings. The lowest BCUT2D eigenvalue weighted by molar-refractivity contribution is 0.0690. The highest BCUT2D eigenvalue weighted by molar-refractivity contribution is 5.97. The van der Waals surface area contributed by atoms with Crippen LogP contribution in [-0.4, -0.2) is 49.9 Å². The van der Waals surface area contributed by atoms with Gasteiger partial charge in [-0.1, -0.05) is 20.8 Å². The van der Waals surface area contributed by atoms with Crippen molar-refractivity contribution in [2.24, 2.45) is 11.3 Å². The summed E-state index contributed by atoms with van der Waals surface area (Å²) in [6, 6.07) is 6.99. The molecule has 1 saturated heterocycles. The molecule has 0 radical (unpaired) electrons. The molecule has 6 heteroatoms. The maximum Gasteiger partial charge on any atom is 0.253 e. The Morgan fingerprint density at radius 2 is 1.62 bits per heavy atom. The number of hydrogen-bond acceptors (Lipinski definition) is 3. The smallest absolute Gasteiger partial charge is 0.253 e. The molecule has 2 rings (SSSR count). The molecular formula is C20H32ClN3O2. The van der Waals surface area contributed by atoms with Crippen LogP contribution >= 0.6 is 12.4 Å². The van der Waals surface area contributed by atoms with E-state index in [4.69, 9.17) is 0 Å². The highest BCUT2D eigenvalue weighted by Crippen LogP contribution is 2.19. The predicted octanol–water partition coefficient (Wildman–Crippen LogP) is 2.96. The van der Waals surface area contributed by atoms with Crippen LogP contribution in [0, 0.1) is 11.3 Å². The van der Waals surface area contributed by atoms with Gasteiger partial charge in [-0.05, 0) is 62.0 Å². The zero-order chi connectivity index (χ0) is 18.4. The van der Waals surface area contributed by atoms with Crippen LogP contribution in [0.1, 0.15) is 54.3 Å². The second kappa shape index (κ2) is 9.93. The first-order chi connectivity index (χ1) is 11.8. The molecular weight excluding hydrogens is 350 g/mol. The largest absolute Gasteiger partial charge is 0.352 e. The van der Waals surface area contributed by atoms with Crippen molar-refractivity contribution in [2.45, 2.75) is 33.6 Å². The number of carbonyl (C=O) groups is 2. The third-order valence-electron chi connectivity index (χ3n) is 4.57. The molecule has 1 aromatic carbocycles. The highest BCUT2D eigenvalue weighted by Gasteiger charge is 2.23. The van der Waals surface area contributed by atoms with Crippen LogP contribution < -0.4 is 10.6 Å². The monoisotopic (exact) mass is 381 g/mol. The molecule has 0 aliphatic carbocycles. The van der Waals surface area contributed by atoms with E-state index in [1.54, 1.807) is 24.3 Å². The molecule has 146 valence electrons. The third-order valence-corrected chi connectivity index (χ3v) is 4.57. The zero-order valence-corrected chi connectivity index (χ0v) is 17.1. The van der Waals surface area contributed by atoms with E-state index in [0.29, 0.717) is 23.6 Å². The first-order valence-corrected chi connectivity index (χ1v) is 9.12. The minimum Gasteiger partial charge on any atom is -0.352 e. The Labute approximate surface area is 163 Å². The number of benzene rings is 1. The van der Waals surface area contributed by atoms with Crippen LogP contribution in [0.5, 0.6) is 0 Å². The highest BCUT2D eigenvalue weighted by atomic mass is 35.5. The van der Waals surface area contributed by atoms with Crippen molar-refractivity contribution in [1.82, 2.24) is 15.5 Å². The molecule has 0 saturated carbocycles. The van der Waals surface area contributed by atoms with Gasteiger partial charge in [0.05, 0.1) is 0 Å². The van der Waals surface area contributed by atoms with Gasteiger partial charge in [0, 0.05) is 30.8 Å². The topological polar surface area (TPSA) is 61.4 Å². The Bertz CT molecular complexity index is 588. The van der Waals surface area contributed by atoms with Gasteiger partial charge in [-0.2, -0.15) is 0 Å². The maximum absolute atomic E-state index is 12.6. The van der Waals surface area contributed by atoms with E-state index in [1.807, 2.05) is 11.9 Å². The summed E-state index contributed by atoms with van der Waals surface area (Å²) in [6.07, 6.45) is 2.08. The molecule has 2 amide bonds. The summed E-state index contributed by atoms with van der Waals surface area (Å²) in [7, 11) is 1.97. The van der Waals surface area contributed by atoms with E-state index in [0.717, 1.165) is 32.5 Å². The van der Waals surface area contributed by atoms with E-state index < -0.39 is 0 Å². The fourth-order valence-electron chi connectivity index (χ4n) is 3.02. The van der Waals surface area contributed by atoms with Crippen molar-refractivity contribution in [1.29, 1.82) is 0 Å². The van der Waals surface area contributed by atoms with Crippen LogP contribution in [0.25, 0.3) is 0 Å². The summed E-state index contributed by atoms with van der Waals surface area (Å²) in [6.45, 7) is 9.48. The van der Waals surface area contributed by atoms with Crippen molar-refractivity contribution < 1.29 is 9.59 Å². The number of amides is 2. The number of rotatable bonds is 5. The minimum atomic E-state index is -0.0956. The quantitative estimate of drug-likeness (QED) is 0.824. The summed E-state index contributed by atoms with van der Waals surface area (Å²) < 4.78 is 0. The van der Waals surface area contributed by atoms with Crippen LogP contribution in [0.4, 0.5) is 0 Å². The Kier molecular flexibility index (Phi) is 8.57. The standard InChI is InChI=1S/C20H31N3O2.ClH/c1-20(2,3)14-22-18(24)16-5-7-17(8-6-16)19(25)23-11-9-15(10-12-23)13-21-4;/h5-8,15,21H,9-14H2,1-4H3,(H,22,24);1H. The SMILES string of the molecule is CNCC1CCN(C(=O)c2ccc(C(=O)NCC(C)(C)C)cc2)CC1.Cl. The Balaban J connectivity index is 0.00000338. The fourth-order valence-corrected chi connectivity index (χ4v) is 3.02. The summed E-state index contributed by atoms with van der Waals surface area (Å²) in [5.41, 5.74) is 1.29. The van der Waals surface area contributed by atoms with E-state index in [9.17, 15) is 9.59 Å². The van der Waals surface area contributed by atoms with Gasteiger partial charge in [0.25, 0.3) is 11.8 Å². The normalized spacial score (nSPS) is 15.3. The molecule has 0 aromatic heterocycles. The van der Waals surface area contributed by atoms with Gasteiger partial charge in [-0.3, -0.25) is 9.59 Å². The molecule has 5 nitrogen and oxygen atoms in total. The van der Waals surface area contributed by atoms with Crippen LogP contribution in [0.3, 0.4) is 0 Å². The third kappa shape index (κ3) is 6.61. The average Bonchev–Trinajstić information content (AvgIpc) is 2.59. The Morgan fingerprint density at radius 3 is 2.12 bits per heavy atom. The van der Waals surface area contributed by atoms with Gasteiger partial charge < -0.3 is 15.5 Å². The fraction of sp³-hybridized carbons (Fsp3) is 0.600.